The van der Waals surface area contributed by atoms with Crippen LogP contribution >= 0.6 is 0 Å². The summed E-state index contributed by atoms with van der Waals surface area (Å²) in [6.07, 6.45) is 2.33. The van der Waals surface area contributed by atoms with Gasteiger partial charge in [0.1, 0.15) is 0 Å². The van der Waals surface area contributed by atoms with Crippen LogP contribution in [0, 0.1) is 5.92 Å². The molecule has 5 nitrogen and oxygen atoms in total. The average Bonchev–Trinajstić information content (AvgIpc) is 2.23. The van der Waals surface area contributed by atoms with E-state index in [9.17, 15) is 9.90 Å². The van der Waals surface area contributed by atoms with Gasteiger partial charge in [-0.25, -0.2) is 0 Å². The molecule has 2 heterocycles. The Kier molecular flexibility index (Phi) is 3.47. The molecule has 0 aromatic rings. The van der Waals surface area contributed by atoms with Gasteiger partial charge in [0.2, 0.25) is 0 Å². The van der Waals surface area contributed by atoms with Crippen LogP contribution in [0.15, 0.2) is 0 Å². The van der Waals surface area contributed by atoms with Crippen LogP contribution in [0.4, 0.5) is 0 Å². The van der Waals surface area contributed by atoms with Gasteiger partial charge < -0.3 is 15.5 Å². The van der Waals surface area contributed by atoms with Crippen molar-refractivity contribution in [3.63, 3.8) is 0 Å². The summed E-state index contributed by atoms with van der Waals surface area (Å²) in [5.74, 6) is -0.410. The maximum Gasteiger partial charge on any atom is 0.305 e. The first-order valence-corrected chi connectivity index (χ1v) is 5.95. The topological polar surface area (TPSA) is 72.8 Å². The molecule has 1 unspecified atom stereocenters. The van der Waals surface area contributed by atoms with Crippen LogP contribution in [0.5, 0.6) is 0 Å². The molecule has 5 heteroatoms. The van der Waals surface area contributed by atoms with Crippen molar-refractivity contribution in [2.75, 3.05) is 32.8 Å². The number of carboxylic acid groups (broad SMARTS) is 1. The zero-order chi connectivity index (χ0) is 11.6. The lowest BCUT2D eigenvalue weighted by Crippen LogP contribution is -2.71. The van der Waals surface area contributed by atoms with Gasteiger partial charge in [-0.15, -0.1) is 0 Å². The third-order valence-corrected chi connectivity index (χ3v) is 3.84. The van der Waals surface area contributed by atoms with Crippen molar-refractivity contribution < 1.29 is 15.0 Å². The molecular formula is C11H20N2O3. The Hall–Kier alpha value is -0.650. The molecule has 0 saturated carbocycles. The Morgan fingerprint density at radius 2 is 2.25 bits per heavy atom. The van der Waals surface area contributed by atoms with E-state index in [0.717, 1.165) is 39.0 Å². The molecule has 0 amide bonds. The average molecular weight is 228 g/mol. The van der Waals surface area contributed by atoms with Gasteiger partial charge in [-0.05, 0) is 25.3 Å². The fourth-order valence-corrected chi connectivity index (χ4v) is 2.80. The van der Waals surface area contributed by atoms with Crippen LogP contribution < -0.4 is 5.32 Å². The van der Waals surface area contributed by atoms with Gasteiger partial charge in [0, 0.05) is 26.2 Å². The molecule has 92 valence electrons. The lowest BCUT2D eigenvalue weighted by Gasteiger charge is -2.52. The maximum absolute atomic E-state index is 10.9. The van der Waals surface area contributed by atoms with E-state index < -0.39 is 5.97 Å². The summed E-state index contributed by atoms with van der Waals surface area (Å²) in [4.78, 5) is 13.2. The first-order valence-electron chi connectivity index (χ1n) is 5.95. The third-order valence-electron chi connectivity index (χ3n) is 3.84. The molecule has 2 fully saturated rings. The van der Waals surface area contributed by atoms with E-state index in [0.29, 0.717) is 5.92 Å². The zero-order valence-corrected chi connectivity index (χ0v) is 9.48. The quantitative estimate of drug-likeness (QED) is 0.605. The number of hydrogen-bond acceptors (Lipinski definition) is 4. The fraction of sp³-hybridized carbons (Fsp3) is 0.909. The van der Waals surface area contributed by atoms with Crippen LogP contribution in [0.25, 0.3) is 0 Å². The molecule has 0 spiro atoms. The van der Waals surface area contributed by atoms with Crippen LogP contribution in [0.3, 0.4) is 0 Å². The number of nitrogens with one attached hydrogen (secondary N) is 1. The second-order valence-electron chi connectivity index (χ2n) is 5.04. The second-order valence-corrected chi connectivity index (χ2v) is 5.04. The van der Waals surface area contributed by atoms with Gasteiger partial charge in [-0.3, -0.25) is 9.69 Å². The van der Waals surface area contributed by atoms with Crippen molar-refractivity contribution in [1.82, 2.24) is 10.2 Å². The Morgan fingerprint density at radius 3 is 2.75 bits per heavy atom. The summed E-state index contributed by atoms with van der Waals surface area (Å²) in [6.45, 7) is 3.54. The fourth-order valence-electron chi connectivity index (χ4n) is 2.80. The Labute approximate surface area is 95.4 Å². The molecule has 0 radical (unpaired) electrons. The van der Waals surface area contributed by atoms with Gasteiger partial charge in [-0.1, -0.05) is 0 Å². The van der Waals surface area contributed by atoms with E-state index in [2.05, 4.69) is 10.2 Å². The minimum Gasteiger partial charge on any atom is -0.481 e. The molecule has 2 aliphatic rings. The number of piperidine rings is 1. The van der Waals surface area contributed by atoms with Crippen molar-refractivity contribution in [1.29, 1.82) is 0 Å². The number of rotatable bonds is 4. The minimum absolute atomic E-state index is 0.195. The Bertz CT molecular complexity index is 266. The second kappa shape index (κ2) is 4.69. The van der Waals surface area contributed by atoms with Crippen LogP contribution in [0.2, 0.25) is 0 Å². The van der Waals surface area contributed by atoms with Crippen molar-refractivity contribution in [2.45, 2.75) is 24.8 Å². The molecule has 2 saturated heterocycles. The Balaban J connectivity index is 2.00. The summed E-state index contributed by atoms with van der Waals surface area (Å²) in [6, 6.07) is 0. The van der Waals surface area contributed by atoms with Crippen LogP contribution in [-0.4, -0.2) is 59.4 Å². The third kappa shape index (κ3) is 2.21. The number of nitrogens with zero attached hydrogens (tertiary/aromatic N) is 1. The van der Waals surface area contributed by atoms with Gasteiger partial charge in [0.05, 0.1) is 12.0 Å². The molecule has 0 aromatic carbocycles. The highest BCUT2D eigenvalue weighted by Crippen LogP contribution is 2.29. The maximum atomic E-state index is 10.9. The zero-order valence-electron chi connectivity index (χ0n) is 9.48. The number of carboxylic acids is 1. The number of hydrogen-bond donors (Lipinski definition) is 3. The van der Waals surface area contributed by atoms with Crippen molar-refractivity contribution in [3.8, 4) is 0 Å². The van der Waals surface area contributed by atoms with E-state index >= 15 is 0 Å². The molecule has 16 heavy (non-hydrogen) atoms. The highest BCUT2D eigenvalue weighted by atomic mass is 16.4. The minimum atomic E-state index is -0.729. The highest BCUT2D eigenvalue weighted by Gasteiger charge is 2.45. The molecular weight excluding hydrogens is 208 g/mol. The lowest BCUT2D eigenvalue weighted by molar-refractivity contribution is -0.142. The summed E-state index contributed by atoms with van der Waals surface area (Å²) >= 11 is 0. The van der Waals surface area contributed by atoms with Crippen molar-refractivity contribution in [2.24, 2.45) is 5.92 Å². The number of likely N-dealkylation sites (tertiary alicyclic amines) is 1. The summed E-state index contributed by atoms with van der Waals surface area (Å²) < 4.78 is 0. The molecule has 2 aliphatic heterocycles. The number of aliphatic hydroxyl groups excluding tert-OH is 1. The first-order chi connectivity index (χ1) is 7.66. The number of carbonyl (C=O) groups is 1. The molecule has 3 N–H and O–H groups in total. The normalized spacial score (nSPS) is 29.7. The predicted molar refractivity (Wildman–Crippen MR) is 59.2 cm³/mol. The van der Waals surface area contributed by atoms with Gasteiger partial charge in [0.25, 0.3) is 0 Å². The highest BCUT2D eigenvalue weighted by molar-refractivity contribution is 5.68. The largest absolute Gasteiger partial charge is 0.481 e. The Morgan fingerprint density at radius 1 is 1.50 bits per heavy atom. The van der Waals surface area contributed by atoms with E-state index in [4.69, 9.17) is 5.11 Å². The summed E-state index contributed by atoms with van der Waals surface area (Å²) in [5, 5.41) is 21.3. The van der Waals surface area contributed by atoms with Crippen molar-refractivity contribution >= 4 is 5.97 Å². The predicted octanol–water partition coefficient (Wildman–Crippen LogP) is -0.493. The lowest BCUT2D eigenvalue weighted by atomic mass is 9.83. The number of aliphatic carboxylic acids is 1. The van der Waals surface area contributed by atoms with E-state index in [1.807, 2.05) is 0 Å². The van der Waals surface area contributed by atoms with Crippen LogP contribution in [0.1, 0.15) is 19.3 Å². The van der Waals surface area contributed by atoms with Crippen LogP contribution in [-0.2, 0) is 4.79 Å². The summed E-state index contributed by atoms with van der Waals surface area (Å²) in [5.41, 5.74) is -0.195. The van der Waals surface area contributed by atoms with Gasteiger partial charge >= 0.3 is 5.97 Å². The first kappa shape index (κ1) is 11.8. The van der Waals surface area contributed by atoms with E-state index in [1.54, 1.807) is 0 Å². The van der Waals surface area contributed by atoms with E-state index in [1.165, 1.54) is 0 Å². The van der Waals surface area contributed by atoms with E-state index in [-0.39, 0.29) is 18.6 Å². The molecule has 0 aromatic heterocycles. The smallest absolute Gasteiger partial charge is 0.305 e. The number of aliphatic hydroxyl groups is 1. The molecule has 1 atom stereocenters. The van der Waals surface area contributed by atoms with Crippen molar-refractivity contribution in [3.05, 3.63) is 0 Å². The molecule has 2 rings (SSSR count). The monoisotopic (exact) mass is 228 g/mol. The van der Waals surface area contributed by atoms with Gasteiger partial charge in [-0.2, -0.15) is 0 Å². The van der Waals surface area contributed by atoms with Gasteiger partial charge in [0.15, 0.2) is 0 Å². The molecule has 0 aliphatic carbocycles. The molecule has 0 bridgehead atoms. The SMILES string of the molecule is O=C(O)CC1(N2CCCC(CO)C2)CNC1. The summed E-state index contributed by atoms with van der Waals surface area (Å²) in [7, 11) is 0. The standard InChI is InChI=1S/C11H20N2O3/c14-6-9-2-1-3-13(5-9)11(4-10(15)16)7-12-8-11/h9,12,14H,1-8H2,(H,15,16).